The third-order valence-electron chi connectivity index (χ3n) is 1.40. The minimum atomic E-state index is -0.600. The van der Waals surface area contributed by atoms with Gasteiger partial charge in [-0.05, 0) is 12.8 Å². The Bertz CT molecular complexity index is 118. The van der Waals surface area contributed by atoms with Crippen LogP contribution in [0, 0.1) is 0 Å². The van der Waals surface area contributed by atoms with E-state index in [0.717, 1.165) is 24.3 Å². The predicted octanol–water partition coefficient (Wildman–Crippen LogP) is 1.26. The predicted molar refractivity (Wildman–Crippen MR) is 46.0 cm³/mol. The van der Waals surface area contributed by atoms with Gasteiger partial charge >= 0.3 is 0 Å². The molecule has 2 unspecified atom stereocenters. The second kappa shape index (κ2) is 3.88. The second-order valence-corrected chi connectivity index (χ2v) is 4.29. The maximum absolute atomic E-state index is 10.9. The second-order valence-electron chi connectivity index (χ2n) is 2.16. The van der Waals surface area contributed by atoms with E-state index in [1.807, 2.05) is 23.0 Å². The molecule has 2 nitrogen and oxygen atoms in total. The van der Waals surface area contributed by atoms with Gasteiger partial charge in [0.25, 0.3) is 0 Å². The van der Waals surface area contributed by atoms with E-state index in [-0.39, 0.29) is 6.10 Å². The molecular weight excluding hydrogens is 251 g/mol. The van der Waals surface area contributed by atoms with E-state index in [2.05, 4.69) is 0 Å². The van der Waals surface area contributed by atoms with Crippen LogP contribution in [0.15, 0.2) is 0 Å². The molecule has 0 spiro atoms. The molecule has 1 rings (SSSR count). The minimum absolute atomic E-state index is 0.250. The van der Waals surface area contributed by atoms with Gasteiger partial charge in [-0.2, -0.15) is 0 Å². The Morgan fingerprint density at radius 1 is 1.67 bits per heavy atom. The molecule has 4 heteroatoms. The van der Waals surface area contributed by atoms with Crippen LogP contribution in [0.25, 0.3) is 0 Å². The van der Waals surface area contributed by atoms with Crippen LogP contribution in [0.4, 0.5) is 0 Å². The maximum atomic E-state index is 10.9. The lowest BCUT2D eigenvalue weighted by atomic mass is 10.2. The van der Waals surface area contributed by atoms with E-state index in [1.54, 1.807) is 0 Å². The SMILES string of the molecule is O=S1CCCC(OI)C1. The Balaban J connectivity index is 2.32. The quantitative estimate of drug-likeness (QED) is 0.663. The van der Waals surface area contributed by atoms with Crippen LogP contribution in [0.5, 0.6) is 0 Å². The lowest BCUT2D eigenvalue weighted by Crippen LogP contribution is -2.24. The molecule has 0 aliphatic carbocycles. The van der Waals surface area contributed by atoms with Gasteiger partial charge in [0.1, 0.15) is 23.0 Å². The van der Waals surface area contributed by atoms with Crippen LogP contribution >= 0.6 is 23.0 Å². The van der Waals surface area contributed by atoms with E-state index in [4.69, 9.17) is 3.07 Å². The molecule has 54 valence electrons. The van der Waals surface area contributed by atoms with Gasteiger partial charge in [-0.25, -0.2) is 0 Å². The molecule has 0 amide bonds. The number of halogens is 1. The van der Waals surface area contributed by atoms with E-state index >= 15 is 0 Å². The molecule has 0 aromatic heterocycles. The zero-order chi connectivity index (χ0) is 6.69. The fraction of sp³-hybridized carbons (Fsp3) is 1.00. The summed E-state index contributed by atoms with van der Waals surface area (Å²) < 4.78 is 15.9. The van der Waals surface area contributed by atoms with Crippen molar-refractivity contribution in [3.8, 4) is 0 Å². The molecule has 1 fully saturated rings. The Kier molecular flexibility index (Phi) is 3.42. The first kappa shape index (κ1) is 7.94. The topological polar surface area (TPSA) is 26.3 Å². The summed E-state index contributed by atoms with van der Waals surface area (Å²) in [5.41, 5.74) is 0. The first-order valence-electron chi connectivity index (χ1n) is 2.95. The number of hydrogen-bond acceptors (Lipinski definition) is 2. The highest BCUT2D eigenvalue weighted by atomic mass is 127. The highest BCUT2D eigenvalue weighted by molar-refractivity contribution is 14.1. The molecule has 0 bridgehead atoms. The highest BCUT2D eigenvalue weighted by Gasteiger charge is 2.17. The van der Waals surface area contributed by atoms with Crippen LogP contribution in [-0.4, -0.2) is 21.8 Å². The van der Waals surface area contributed by atoms with Gasteiger partial charge in [-0.1, -0.05) is 0 Å². The summed E-state index contributed by atoms with van der Waals surface area (Å²) in [4.78, 5) is 0. The van der Waals surface area contributed by atoms with Crippen LogP contribution in [-0.2, 0) is 13.9 Å². The summed E-state index contributed by atoms with van der Waals surface area (Å²) in [6, 6.07) is 0. The fourth-order valence-electron chi connectivity index (χ4n) is 0.916. The summed E-state index contributed by atoms with van der Waals surface area (Å²) in [5.74, 6) is 1.61. The lowest BCUT2D eigenvalue weighted by Gasteiger charge is -2.17. The molecule has 1 aliphatic rings. The summed E-state index contributed by atoms with van der Waals surface area (Å²) in [6.45, 7) is 0. The molecule has 0 aromatic rings. The standard InChI is InChI=1S/C5H9IO2S/c6-8-5-2-1-3-9(7)4-5/h5H,1-4H2. The Morgan fingerprint density at radius 2 is 2.44 bits per heavy atom. The molecule has 0 aromatic carbocycles. The third kappa shape index (κ3) is 2.51. The van der Waals surface area contributed by atoms with Crippen molar-refractivity contribution >= 4 is 33.8 Å². The molecule has 1 saturated heterocycles. The van der Waals surface area contributed by atoms with Crippen molar-refractivity contribution in [3.63, 3.8) is 0 Å². The van der Waals surface area contributed by atoms with E-state index in [1.165, 1.54) is 0 Å². The third-order valence-corrected chi connectivity index (χ3v) is 3.60. The molecular formula is C5H9IO2S. The summed E-state index contributed by atoms with van der Waals surface area (Å²) in [7, 11) is -0.600. The number of rotatable bonds is 1. The first-order valence-corrected chi connectivity index (χ1v) is 5.32. The molecule has 9 heavy (non-hydrogen) atoms. The van der Waals surface area contributed by atoms with Gasteiger partial charge in [0.15, 0.2) is 0 Å². The highest BCUT2D eigenvalue weighted by Crippen LogP contribution is 2.14. The molecule has 0 radical (unpaired) electrons. The maximum Gasteiger partial charge on any atom is 0.110 e. The summed E-state index contributed by atoms with van der Waals surface area (Å²) >= 11 is 1.88. The van der Waals surface area contributed by atoms with Crippen molar-refractivity contribution in [1.82, 2.24) is 0 Å². The van der Waals surface area contributed by atoms with Crippen molar-refractivity contribution < 1.29 is 7.28 Å². The van der Waals surface area contributed by atoms with Crippen molar-refractivity contribution in [3.05, 3.63) is 0 Å². The lowest BCUT2D eigenvalue weighted by molar-refractivity contribution is 0.288. The Labute approximate surface area is 71.5 Å². The fourth-order valence-corrected chi connectivity index (χ4v) is 2.90. The van der Waals surface area contributed by atoms with Gasteiger partial charge in [-0.15, -0.1) is 0 Å². The summed E-state index contributed by atoms with van der Waals surface area (Å²) in [6.07, 6.45) is 2.38. The molecule has 1 heterocycles. The van der Waals surface area contributed by atoms with Crippen molar-refractivity contribution in [1.29, 1.82) is 0 Å². The zero-order valence-electron chi connectivity index (χ0n) is 5.01. The van der Waals surface area contributed by atoms with Crippen LogP contribution in [0.3, 0.4) is 0 Å². The van der Waals surface area contributed by atoms with Gasteiger partial charge in [0.05, 0.1) is 11.9 Å². The van der Waals surface area contributed by atoms with Crippen LogP contribution in [0.1, 0.15) is 12.8 Å². The van der Waals surface area contributed by atoms with E-state index < -0.39 is 10.8 Å². The average Bonchev–Trinajstić information content (AvgIpc) is 1.88. The average molecular weight is 260 g/mol. The molecule has 1 aliphatic heterocycles. The van der Waals surface area contributed by atoms with Gasteiger partial charge < -0.3 is 3.07 Å². The summed E-state index contributed by atoms with van der Waals surface area (Å²) in [5, 5.41) is 0. The monoisotopic (exact) mass is 260 g/mol. The first-order chi connectivity index (χ1) is 4.33. The minimum Gasteiger partial charge on any atom is -0.311 e. The molecule has 0 saturated carbocycles. The Hall–Kier alpha value is 0.840. The van der Waals surface area contributed by atoms with Gasteiger partial charge in [0, 0.05) is 16.6 Å². The van der Waals surface area contributed by atoms with Gasteiger partial charge in [-0.3, -0.25) is 4.21 Å². The van der Waals surface area contributed by atoms with E-state index in [9.17, 15) is 4.21 Å². The normalized spacial score (nSPS) is 36.6. The zero-order valence-corrected chi connectivity index (χ0v) is 7.98. The molecule has 0 N–H and O–H groups in total. The van der Waals surface area contributed by atoms with Crippen molar-refractivity contribution in [2.24, 2.45) is 0 Å². The number of hydrogen-bond donors (Lipinski definition) is 0. The van der Waals surface area contributed by atoms with Crippen LogP contribution < -0.4 is 0 Å². The molecule has 2 atom stereocenters. The smallest absolute Gasteiger partial charge is 0.110 e. The van der Waals surface area contributed by atoms with E-state index in [0.29, 0.717) is 0 Å². The Morgan fingerprint density at radius 3 is 2.89 bits per heavy atom. The van der Waals surface area contributed by atoms with Gasteiger partial charge in [0.2, 0.25) is 0 Å². The van der Waals surface area contributed by atoms with Crippen molar-refractivity contribution in [2.45, 2.75) is 18.9 Å². The largest absolute Gasteiger partial charge is 0.311 e. The van der Waals surface area contributed by atoms with Crippen molar-refractivity contribution in [2.75, 3.05) is 11.5 Å². The van der Waals surface area contributed by atoms with Crippen LogP contribution in [0.2, 0.25) is 0 Å².